The van der Waals surface area contributed by atoms with Crippen molar-refractivity contribution in [1.82, 2.24) is 4.98 Å². The fourth-order valence-electron chi connectivity index (χ4n) is 7.58. The van der Waals surface area contributed by atoms with E-state index in [9.17, 15) is 110 Å². The Labute approximate surface area is 393 Å². The van der Waals surface area contributed by atoms with Crippen molar-refractivity contribution >= 4 is 33.8 Å². The zero-order valence-electron chi connectivity index (χ0n) is 35.7. The van der Waals surface area contributed by atoms with E-state index in [1.165, 1.54) is 5.56 Å². The Bertz CT molecular complexity index is 2510. The van der Waals surface area contributed by atoms with Gasteiger partial charge in [0.1, 0.15) is 6.15 Å². The summed E-state index contributed by atoms with van der Waals surface area (Å²) in [6.07, 6.45) is -47.5. The minimum Gasteiger partial charge on any atom is -0.295 e. The number of ketones is 1. The van der Waals surface area contributed by atoms with Crippen molar-refractivity contribution in [2.75, 3.05) is 0 Å². The van der Waals surface area contributed by atoms with Gasteiger partial charge in [0.15, 0.2) is 24.7 Å². The van der Waals surface area contributed by atoms with Gasteiger partial charge in [0.05, 0.1) is 56.9 Å². The summed E-state index contributed by atoms with van der Waals surface area (Å²) in [6, 6.07) is -1.14. The molecule has 6 rings (SSSR count). The minimum absolute atomic E-state index is 0.100. The molecule has 0 aliphatic carbocycles. The van der Waals surface area contributed by atoms with Crippen LogP contribution in [0.4, 0.5) is 105 Å². The Kier molecular flexibility index (Phi) is 15.3. The lowest BCUT2D eigenvalue weighted by atomic mass is 9.12. The molecule has 28 heteroatoms. The average molecular weight is 1080 g/mol. The van der Waals surface area contributed by atoms with Gasteiger partial charge in [-0.25, -0.2) is 0 Å². The predicted octanol–water partition coefficient (Wildman–Crippen LogP) is 12.8. The lowest BCUT2D eigenvalue weighted by molar-refractivity contribution is -0.688. The number of benzene rings is 5. The van der Waals surface area contributed by atoms with E-state index in [4.69, 9.17) is 0 Å². The van der Waals surface area contributed by atoms with Crippen LogP contribution in [0.1, 0.15) is 67.4 Å². The van der Waals surface area contributed by atoms with Gasteiger partial charge in [-0.15, -0.1) is 0 Å². The number of hydrogen-bond donors (Lipinski definition) is 0. The molecule has 0 radical (unpaired) electrons. The fraction of sp³-hybridized carbons (Fsp3) is 0.222. The molecular weight excluding hydrogens is 1050 g/mol. The highest BCUT2D eigenvalue weighted by Crippen LogP contribution is 2.41. The van der Waals surface area contributed by atoms with E-state index >= 15 is 0 Å². The summed E-state index contributed by atoms with van der Waals surface area (Å²) >= 11 is 0. The molecular formula is C45H25BF24N2O. The quantitative estimate of drug-likeness (QED) is 0.0691. The van der Waals surface area contributed by atoms with Gasteiger partial charge in [-0.1, -0.05) is 72.8 Å². The highest BCUT2D eigenvalue weighted by Gasteiger charge is 2.47. The molecule has 0 bridgehead atoms. The second kappa shape index (κ2) is 19.6. The summed E-state index contributed by atoms with van der Waals surface area (Å²) in [5, 5.41) is 0. The normalized spacial score (nSPS) is 13.4. The molecule has 0 saturated carbocycles. The molecule has 0 unspecified atom stereocenters. The van der Waals surface area contributed by atoms with Crippen LogP contribution in [0, 0.1) is 0 Å². The number of nitrogens with zero attached hydrogens (tertiary/aromatic N) is 2. The van der Waals surface area contributed by atoms with Crippen molar-refractivity contribution in [3.05, 3.63) is 177 Å². The van der Waals surface area contributed by atoms with Crippen LogP contribution in [0.3, 0.4) is 0 Å². The summed E-state index contributed by atoms with van der Waals surface area (Å²) in [7, 11) is 0. The Hall–Kier alpha value is -6.77. The number of carbonyl (C=O) groups is 1. The van der Waals surface area contributed by atoms with Crippen LogP contribution in [0.5, 0.6) is 0 Å². The Balaban J connectivity index is 0.000000520. The van der Waals surface area contributed by atoms with E-state index in [2.05, 4.69) is 4.98 Å². The zero-order chi connectivity index (χ0) is 55.3. The molecule has 6 aromatic rings. The van der Waals surface area contributed by atoms with E-state index < -0.39 is 195 Å². The molecule has 392 valence electrons. The molecule has 0 aliphatic rings. The first-order valence-electron chi connectivity index (χ1n) is 19.8. The number of Topliss-reactive ketones (excluding diaryl/α,β-unsaturated/α-hetero) is 1. The molecule has 0 N–H and O–H groups in total. The summed E-state index contributed by atoms with van der Waals surface area (Å²) in [6.45, 7) is 2.37. The SMILES string of the molecule is CC(=O)c1ccc(C[n+]2ccncc2)cc1.FC(F)(F)c1cc([B-](c2cc(C(F)(F)F)cc(C(F)(F)F)c2)(c2cc(C(F)(F)F)cc(C(F)(F)F)c2)c2cc(C(F)(F)F)cc(C(F)(F)F)c2)cc(C(F)(F)F)c1. The average Bonchev–Trinajstić information content (AvgIpc) is 3.25. The van der Waals surface area contributed by atoms with Crippen LogP contribution in [-0.2, 0) is 56.0 Å². The van der Waals surface area contributed by atoms with E-state index in [-0.39, 0.29) is 5.78 Å². The van der Waals surface area contributed by atoms with Crippen molar-refractivity contribution in [3.8, 4) is 0 Å². The van der Waals surface area contributed by atoms with Crippen LogP contribution in [0.2, 0.25) is 0 Å². The van der Waals surface area contributed by atoms with Gasteiger partial charge in [-0.3, -0.25) is 9.78 Å². The number of rotatable bonds is 7. The van der Waals surface area contributed by atoms with E-state index in [1.807, 2.05) is 41.2 Å². The van der Waals surface area contributed by atoms with E-state index in [0.29, 0.717) is 0 Å². The van der Waals surface area contributed by atoms with E-state index in [0.717, 1.165) is 12.1 Å². The predicted molar refractivity (Wildman–Crippen MR) is 210 cm³/mol. The molecule has 0 atom stereocenters. The maximum atomic E-state index is 14.2. The van der Waals surface area contributed by atoms with Crippen molar-refractivity contribution in [2.45, 2.75) is 62.9 Å². The smallest absolute Gasteiger partial charge is 0.295 e. The molecule has 0 spiro atoms. The van der Waals surface area contributed by atoms with Crippen LogP contribution in [-0.4, -0.2) is 16.9 Å². The number of carbonyl (C=O) groups excluding carboxylic acids is 1. The topological polar surface area (TPSA) is 33.8 Å². The van der Waals surface area contributed by atoms with Crippen molar-refractivity contribution in [2.24, 2.45) is 0 Å². The standard InChI is InChI=1S/C32H12BF24.C13H13N2O/c34-25(35,36)13-1-14(26(37,38)39)6-21(5-13)33(22-7-15(27(40,41)42)2-16(8-22)28(43,44)45,23-9-17(29(46,47)48)3-18(10-23)30(49,50)51)24-11-19(31(52,53)54)4-20(12-24)32(55,56)57;1-11(16)13-4-2-12(3-5-13)10-15-8-6-14-7-9-15/h1-12H;2-9H,10H2,1H3/q-1;+1. The van der Waals surface area contributed by atoms with Crippen molar-refractivity contribution in [3.63, 3.8) is 0 Å². The van der Waals surface area contributed by atoms with Crippen LogP contribution < -0.4 is 26.4 Å². The van der Waals surface area contributed by atoms with Gasteiger partial charge in [-0.05, 0) is 31.2 Å². The number of alkyl halides is 24. The third-order valence-electron chi connectivity index (χ3n) is 10.9. The first-order chi connectivity index (χ1) is 33.0. The Morgan fingerprint density at radius 2 is 0.603 bits per heavy atom. The summed E-state index contributed by atoms with van der Waals surface area (Å²) < 4.78 is 343. The maximum Gasteiger partial charge on any atom is 0.416 e. The Morgan fingerprint density at radius 1 is 0.384 bits per heavy atom. The molecule has 1 aromatic heterocycles. The van der Waals surface area contributed by atoms with Gasteiger partial charge >= 0.3 is 49.4 Å². The van der Waals surface area contributed by atoms with Crippen LogP contribution in [0.25, 0.3) is 0 Å². The summed E-state index contributed by atoms with van der Waals surface area (Å²) in [4.78, 5) is 15.1. The third kappa shape index (κ3) is 13.5. The molecule has 1 heterocycles. The minimum atomic E-state index is -6.13. The van der Waals surface area contributed by atoms with Crippen molar-refractivity contribution < 1.29 is 115 Å². The van der Waals surface area contributed by atoms with Gasteiger partial charge in [0.25, 0.3) is 0 Å². The second-order valence-corrected chi connectivity index (χ2v) is 15.9. The van der Waals surface area contributed by atoms with E-state index in [1.54, 1.807) is 19.3 Å². The molecule has 0 saturated heterocycles. The maximum absolute atomic E-state index is 14.2. The molecule has 3 nitrogen and oxygen atoms in total. The van der Waals surface area contributed by atoms with Gasteiger partial charge in [0, 0.05) is 11.1 Å². The number of hydrogen-bond acceptors (Lipinski definition) is 2. The molecule has 0 aliphatic heterocycles. The summed E-state index contributed by atoms with van der Waals surface area (Å²) in [5.74, 6) is 0.100. The number of aromatic nitrogens is 2. The van der Waals surface area contributed by atoms with Gasteiger partial charge < -0.3 is 0 Å². The largest absolute Gasteiger partial charge is 0.416 e. The first kappa shape index (κ1) is 57.1. The monoisotopic (exact) mass is 1080 g/mol. The third-order valence-corrected chi connectivity index (χ3v) is 10.9. The molecule has 73 heavy (non-hydrogen) atoms. The Morgan fingerprint density at radius 3 is 0.795 bits per heavy atom. The first-order valence-corrected chi connectivity index (χ1v) is 19.8. The number of halogens is 24. The molecule has 5 aromatic carbocycles. The van der Waals surface area contributed by atoms with Crippen LogP contribution in [0.15, 0.2) is 122 Å². The fourth-order valence-corrected chi connectivity index (χ4v) is 7.58. The van der Waals surface area contributed by atoms with Gasteiger partial charge in [0.2, 0.25) is 0 Å². The molecule has 0 fully saturated rings. The van der Waals surface area contributed by atoms with Crippen molar-refractivity contribution in [1.29, 1.82) is 0 Å². The molecule has 0 amide bonds. The highest BCUT2D eigenvalue weighted by molar-refractivity contribution is 7.20. The van der Waals surface area contributed by atoms with Crippen LogP contribution >= 0.6 is 0 Å². The lowest BCUT2D eigenvalue weighted by Crippen LogP contribution is -2.75. The zero-order valence-corrected chi connectivity index (χ0v) is 35.7. The summed E-state index contributed by atoms with van der Waals surface area (Å²) in [5.41, 5.74) is -28.3. The highest BCUT2D eigenvalue weighted by atomic mass is 19.4. The lowest BCUT2D eigenvalue weighted by Gasteiger charge is -2.46. The second-order valence-electron chi connectivity index (χ2n) is 15.9. The van der Waals surface area contributed by atoms with Gasteiger partial charge in [-0.2, -0.15) is 132 Å².